The van der Waals surface area contributed by atoms with Crippen LogP contribution in [0.5, 0.6) is 0 Å². The number of nitrogen functional groups attached to an aromatic ring is 1. The van der Waals surface area contributed by atoms with Gasteiger partial charge in [-0.1, -0.05) is 11.6 Å². The standard InChI is InChI=1S/C12H17ClN2O3S/c1-12(5-2-6-18-8-12)15-19(16,17)11-4-3-9(13)7-10(11)14/h3-4,7,15H,2,5-6,8,14H2,1H3. The van der Waals surface area contributed by atoms with Gasteiger partial charge >= 0.3 is 0 Å². The molecule has 2 rings (SSSR count). The van der Waals surface area contributed by atoms with Crippen molar-refractivity contribution in [3.05, 3.63) is 23.2 Å². The molecule has 5 nitrogen and oxygen atoms in total. The third-order valence-electron chi connectivity index (χ3n) is 3.08. The number of sulfonamides is 1. The minimum atomic E-state index is -3.68. The lowest BCUT2D eigenvalue weighted by molar-refractivity contribution is 0.0386. The maximum atomic E-state index is 12.3. The minimum Gasteiger partial charge on any atom is -0.398 e. The average Bonchev–Trinajstić information content (AvgIpc) is 2.27. The molecule has 1 saturated heterocycles. The monoisotopic (exact) mass is 304 g/mol. The van der Waals surface area contributed by atoms with Gasteiger partial charge in [0.2, 0.25) is 10.0 Å². The molecule has 19 heavy (non-hydrogen) atoms. The van der Waals surface area contributed by atoms with E-state index in [9.17, 15) is 8.42 Å². The van der Waals surface area contributed by atoms with Gasteiger partial charge in [0.05, 0.1) is 17.8 Å². The Hall–Kier alpha value is -0.820. The summed E-state index contributed by atoms with van der Waals surface area (Å²) >= 11 is 5.77. The van der Waals surface area contributed by atoms with Crippen LogP contribution in [0.1, 0.15) is 19.8 Å². The number of hydrogen-bond acceptors (Lipinski definition) is 4. The predicted octanol–water partition coefficient (Wildman–Crippen LogP) is 1.77. The third-order valence-corrected chi connectivity index (χ3v) is 5.03. The zero-order valence-electron chi connectivity index (χ0n) is 10.6. The van der Waals surface area contributed by atoms with Gasteiger partial charge in [-0.2, -0.15) is 0 Å². The number of nitrogens with two attached hydrogens (primary N) is 1. The van der Waals surface area contributed by atoms with E-state index in [0.717, 1.165) is 12.8 Å². The van der Waals surface area contributed by atoms with Crippen molar-refractivity contribution in [2.24, 2.45) is 0 Å². The first kappa shape index (κ1) is 14.6. The lowest BCUT2D eigenvalue weighted by Crippen LogP contribution is -2.51. The lowest BCUT2D eigenvalue weighted by atomic mass is 9.97. The quantitative estimate of drug-likeness (QED) is 0.834. The molecule has 1 fully saturated rings. The molecule has 0 aromatic heterocycles. The number of rotatable bonds is 3. The molecule has 0 spiro atoms. The molecule has 1 aliphatic heterocycles. The Morgan fingerprint density at radius 2 is 2.21 bits per heavy atom. The van der Waals surface area contributed by atoms with Crippen LogP contribution in [0, 0.1) is 0 Å². The number of ether oxygens (including phenoxy) is 1. The van der Waals surface area contributed by atoms with E-state index in [-0.39, 0.29) is 10.6 Å². The number of benzene rings is 1. The van der Waals surface area contributed by atoms with Gasteiger partial charge in [-0.05, 0) is 38.0 Å². The summed E-state index contributed by atoms with van der Waals surface area (Å²) in [6.45, 7) is 2.86. The van der Waals surface area contributed by atoms with Crippen molar-refractivity contribution < 1.29 is 13.2 Å². The Kier molecular flexibility index (Phi) is 4.06. The summed E-state index contributed by atoms with van der Waals surface area (Å²) in [4.78, 5) is 0.0451. The molecule has 1 aliphatic rings. The van der Waals surface area contributed by atoms with Crippen LogP contribution in [-0.2, 0) is 14.8 Å². The average molecular weight is 305 g/mol. The van der Waals surface area contributed by atoms with E-state index in [1.54, 1.807) is 0 Å². The SMILES string of the molecule is CC1(NS(=O)(=O)c2ccc(Cl)cc2N)CCCOC1. The molecule has 1 heterocycles. The summed E-state index contributed by atoms with van der Waals surface area (Å²) in [6.07, 6.45) is 1.56. The number of anilines is 1. The molecule has 0 radical (unpaired) electrons. The van der Waals surface area contributed by atoms with Gasteiger partial charge in [0.1, 0.15) is 4.90 Å². The Labute approximate surface area is 118 Å². The highest BCUT2D eigenvalue weighted by atomic mass is 35.5. The van der Waals surface area contributed by atoms with Crippen LogP contribution in [0.4, 0.5) is 5.69 Å². The van der Waals surface area contributed by atoms with E-state index in [0.29, 0.717) is 18.2 Å². The van der Waals surface area contributed by atoms with Gasteiger partial charge in [-0.3, -0.25) is 0 Å². The summed E-state index contributed by atoms with van der Waals surface area (Å²) in [5, 5.41) is 0.406. The molecule has 3 N–H and O–H groups in total. The minimum absolute atomic E-state index is 0.0451. The van der Waals surface area contributed by atoms with E-state index in [4.69, 9.17) is 22.1 Å². The second-order valence-electron chi connectivity index (χ2n) is 5.00. The fourth-order valence-corrected chi connectivity index (χ4v) is 3.87. The van der Waals surface area contributed by atoms with Crippen molar-refractivity contribution in [2.75, 3.05) is 18.9 Å². The summed E-state index contributed by atoms with van der Waals surface area (Å²) in [5.41, 5.74) is 5.27. The fourth-order valence-electron chi connectivity index (χ4n) is 2.16. The summed E-state index contributed by atoms with van der Waals surface area (Å²) in [5.74, 6) is 0. The molecule has 1 aromatic rings. The van der Waals surface area contributed by atoms with Crippen molar-refractivity contribution in [1.82, 2.24) is 4.72 Å². The van der Waals surface area contributed by atoms with Crippen LogP contribution in [-0.4, -0.2) is 27.2 Å². The topological polar surface area (TPSA) is 81.4 Å². The van der Waals surface area contributed by atoms with Crippen molar-refractivity contribution in [3.8, 4) is 0 Å². The van der Waals surface area contributed by atoms with Crippen LogP contribution in [0.3, 0.4) is 0 Å². The molecule has 1 atom stereocenters. The highest BCUT2D eigenvalue weighted by Gasteiger charge is 2.33. The number of nitrogens with one attached hydrogen (secondary N) is 1. The van der Waals surface area contributed by atoms with Crippen LogP contribution in [0.2, 0.25) is 5.02 Å². The predicted molar refractivity (Wildman–Crippen MR) is 74.6 cm³/mol. The largest absolute Gasteiger partial charge is 0.398 e. The van der Waals surface area contributed by atoms with Gasteiger partial charge in [0.15, 0.2) is 0 Å². The zero-order valence-corrected chi connectivity index (χ0v) is 12.2. The van der Waals surface area contributed by atoms with E-state index in [1.165, 1.54) is 18.2 Å². The lowest BCUT2D eigenvalue weighted by Gasteiger charge is -2.33. The second kappa shape index (κ2) is 5.28. The van der Waals surface area contributed by atoms with Gasteiger partial charge in [-0.25, -0.2) is 13.1 Å². The molecular weight excluding hydrogens is 288 g/mol. The molecule has 1 aromatic carbocycles. The third kappa shape index (κ3) is 3.39. The van der Waals surface area contributed by atoms with Crippen LogP contribution >= 0.6 is 11.6 Å². The maximum absolute atomic E-state index is 12.3. The molecule has 1 unspecified atom stereocenters. The highest BCUT2D eigenvalue weighted by Crippen LogP contribution is 2.26. The highest BCUT2D eigenvalue weighted by molar-refractivity contribution is 7.89. The van der Waals surface area contributed by atoms with Crippen LogP contribution < -0.4 is 10.5 Å². The van der Waals surface area contributed by atoms with Crippen molar-refractivity contribution in [3.63, 3.8) is 0 Å². The second-order valence-corrected chi connectivity index (χ2v) is 7.09. The van der Waals surface area contributed by atoms with Gasteiger partial charge in [0, 0.05) is 11.6 Å². The maximum Gasteiger partial charge on any atom is 0.243 e. The first-order valence-corrected chi connectivity index (χ1v) is 7.85. The molecule has 106 valence electrons. The van der Waals surface area contributed by atoms with Gasteiger partial charge in [0.25, 0.3) is 0 Å². The van der Waals surface area contributed by atoms with Gasteiger partial charge < -0.3 is 10.5 Å². The van der Waals surface area contributed by atoms with Gasteiger partial charge in [-0.15, -0.1) is 0 Å². The normalized spacial score (nSPS) is 24.3. The van der Waals surface area contributed by atoms with E-state index in [1.807, 2.05) is 6.92 Å². The fraction of sp³-hybridized carbons (Fsp3) is 0.500. The van der Waals surface area contributed by atoms with Crippen LogP contribution in [0.25, 0.3) is 0 Å². The summed E-state index contributed by atoms with van der Waals surface area (Å²) < 4.78 is 32.7. The van der Waals surface area contributed by atoms with E-state index in [2.05, 4.69) is 4.72 Å². The Balaban J connectivity index is 2.27. The Morgan fingerprint density at radius 1 is 1.47 bits per heavy atom. The Bertz CT molecular complexity index is 568. The van der Waals surface area contributed by atoms with E-state index < -0.39 is 15.6 Å². The van der Waals surface area contributed by atoms with Crippen molar-refractivity contribution >= 4 is 27.3 Å². The molecule has 0 aliphatic carbocycles. The van der Waals surface area contributed by atoms with Crippen LogP contribution in [0.15, 0.2) is 23.1 Å². The van der Waals surface area contributed by atoms with Crippen molar-refractivity contribution in [2.45, 2.75) is 30.2 Å². The van der Waals surface area contributed by atoms with E-state index >= 15 is 0 Å². The summed E-state index contributed by atoms with van der Waals surface area (Å²) in [7, 11) is -3.68. The molecule has 0 amide bonds. The first-order chi connectivity index (χ1) is 8.82. The number of halogens is 1. The zero-order chi connectivity index (χ0) is 14.1. The smallest absolute Gasteiger partial charge is 0.243 e. The Morgan fingerprint density at radius 3 is 2.79 bits per heavy atom. The molecule has 0 bridgehead atoms. The first-order valence-electron chi connectivity index (χ1n) is 5.99. The summed E-state index contributed by atoms with van der Waals surface area (Å²) in [6, 6.07) is 4.34. The van der Waals surface area contributed by atoms with Crippen molar-refractivity contribution in [1.29, 1.82) is 0 Å². The molecule has 7 heteroatoms. The molecular formula is C12H17ClN2O3S. The molecule has 0 saturated carbocycles. The number of hydrogen-bond donors (Lipinski definition) is 2.